The lowest BCUT2D eigenvalue weighted by Crippen LogP contribution is -2.20. The van der Waals surface area contributed by atoms with Gasteiger partial charge in [0.2, 0.25) is 0 Å². The van der Waals surface area contributed by atoms with Gasteiger partial charge in [0.15, 0.2) is 0 Å². The number of thioether (sulfide) groups is 1. The highest BCUT2D eigenvalue weighted by molar-refractivity contribution is 7.99. The minimum absolute atomic E-state index is 0.179. The molecule has 1 atom stereocenters. The summed E-state index contributed by atoms with van der Waals surface area (Å²) in [5, 5.41) is 9.68. The Balaban J connectivity index is 2.28. The summed E-state index contributed by atoms with van der Waals surface area (Å²) in [5.41, 5.74) is 1.25. The molecule has 0 fully saturated rings. The lowest BCUT2D eigenvalue weighted by atomic mass is 10.2. The maximum absolute atomic E-state index is 9.68. The molecule has 1 N–H and O–H groups in total. The molecular formula is C13H20O2S. The highest BCUT2D eigenvalue weighted by atomic mass is 32.2. The third kappa shape index (κ3) is 5.54. The van der Waals surface area contributed by atoms with E-state index in [0.717, 1.165) is 0 Å². The van der Waals surface area contributed by atoms with Crippen LogP contribution in [-0.4, -0.2) is 29.7 Å². The highest BCUT2D eigenvalue weighted by Gasteiger charge is 2.06. The van der Waals surface area contributed by atoms with E-state index in [2.05, 4.69) is 25.1 Å². The molecule has 0 aliphatic rings. The molecule has 0 heterocycles. The largest absolute Gasteiger partial charge is 0.390 e. The van der Waals surface area contributed by atoms with Crippen molar-refractivity contribution in [3.63, 3.8) is 0 Å². The van der Waals surface area contributed by atoms with E-state index in [1.165, 1.54) is 10.5 Å². The first-order valence-electron chi connectivity index (χ1n) is 5.57. The molecule has 0 saturated heterocycles. The number of aliphatic hydroxyl groups is 1. The Morgan fingerprint density at radius 3 is 2.75 bits per heavy atom. The number of benzene rings is 1. The van der Waals surface area contributed by atoms with Gasteiger partial charge in [-0.3, -0.25) is 0 Å². The molecule has 0 aromatic heterocycles. The zero-order valence-corrected chi connectivity index (χ0v) is 11.0. The number of hydrogen-bond donors (Lipinski definition) is 1. The van der Waals surface area contributed by atoms with Gasteiger partial charge in [0.05, 0.1) is 18.8 Å². The van der Waals surface area contributed by atoms with Gasteiger partial charge in [0.25, 0.3) is 0 Å². The number of aliphatic hydroxyl groups excluding tert-OH is 1. The second kappa shape index (κ2) is 6.94. The zero-order valence-electron chi connectivity index (χ0n) is 10.1. The minimum atomic E-state index is -0.395. The Bertz CT molecular complexity index is 313. The third-order valence-electron chi connectivity index (χ3n) is 2.05. The first-order chi connectivity index (χ1) is 7.58. The van der Waals surface area contributed by atoms with Gasteiger partial charge in [-0.2, -0.15) is 0 Å². The zero-order chi connectivity index (χ0) is 12.0. The van der Waals surface area contributed by atoms with E-state index in [-0.39, 0.29) is 6.10 Å². The van der Waals surface area contributed by atoms with Gasteiger partial charge in [-0.15, -0.1) is 11.8 Å². The number of hydrogen-bond acceptors (Lipinski definition) is 3. The Morgan fingerprint density at radius 2 is 2.12 bits per heavy atom. The Hall–Kier alpha value is -0.510. The van der Waals surface area contributed by atoms with E-state index < -0.39 is 6.10 Å². The second-order valence-electron chi connectivity index (χ2n) is 4.16. The van der Waals surface area contributed by atoms with Crippen LogP contribution in [0.25, 0.3) is 0 Å². The smallest absolute Gasteiger partial charge is 0.0867 e. The van der Waals surface area contributed by atoms with E-state index >= 15 is 0 Å². The SMILES string of the molecule is Cc1cccc(SCC(O)COC(C)C)c1. The van der Waals surface area contributed by atoms with Crippen molar-refractivity contribution in [1.82, 2.24) is 0 Å². The molecule has 1 aromatic carbocycles. The molecule has 1 unspecified atom stereocenters. The van der Waals surface area contributed by atoms with Gasteiger partial charge >= 0.3 is 0 Å². The van der Waals surface area contributed by atoms with Gasteiger partial charge in [-0.05, 0) is 32.9 Å². The normalized spacial score (nSPS) is 13.1. The number of aryl methyl sites for hydroxylation is 1. The maximum atomic E-state index is 9.68. The summed E-state index contributed by atoms with van der Waals surface area (Å²) in [6.45, 7) is 6.43. The molecule has 0 saturated carbocycles. The number of ether oxygens (including phenoxy) is 1. The standard InChI is InChI=1S/C13H20O2S/c1-10(2)15-8-12(14)9-16-13-6-4-5-11(3)7-13/h4-7,10,12,14H,8-9H2,1-3H3. The highest BCUT2D eigenvalue weighted by Crippen LogP contribution is 2.19. The van der Waals surface area contributed by atoms with Crippen molar-refractivity contribution in [2.75, 3.05) is 12.4 Å². The van der Waals surface area contributed by atoms with Crippen LogP contribution in [0.2, 0.25) is 0 Å². The minimum Gasteiger partial charge on any atom is -0.390 e. The molecule has 1 rings (SSSR count). The van der Waals surface area contributed by atoms with Crippen LogP contribution >= 0.6 is 11.8 Å². The molecule has 0 radical (unpaired) electrons. The van der Waals surface area contributed by atoms with Crippen LogP contribution in [0.3, 0.4) is 0 Å². The second-order valence-corrected chi connectivity index (χ2v) is 5.26. The molecule has 0 bridgehead atoms. The van der Waals surface area contributed by atoms with E-state index in [1.807, 2.05) is 19.9 Å². The van der Waals surface area contributed by atoms with E-state index in [1.54, 1.807) is 11.8 Å². The van der Waals surface area contributed by atoms with Crippen molar-refractivity contribution in [2.24, 2.45) is 0 Å². The van der Waals surface area contributed by atoms with Gasteiger partial charge < -0.3 is 9.84 Å². The molecule has 16 heavy (non-hydrogen) atoms. The van der Waals surface area contributed by atoms with E-state index in [0.29, 0.717) is 12.4 Å². The summed E-state index contributed by atoms with van der Waals surface area (Å²) in [6.07, 6.45) is -0.216. The van der Waals surface area contributed by atoms with Crippen molar-refractivity contribution >= 4 is 11.8 Å². The van der Waals surface area contributed by atoms with Crippen LogP contribution in [0.4, 0.5) is 0 Å². The van der Waals surface area contributed by atoms with Crippen LogP contribution in [0, 0.1) is 6.92 Å². The lowest BCUT2D eigenvalue weighted by molar-refractivity contribution is 0.0152. The van der Waals surface area contributed by atoms with Crippen LogP contribution in [0.1, 0.15) is 19.4 Å². The van der Waals surface area contributed by atoms with Gasteiger partial charge in [-0.1, -0.05) is 17.7 Å². The Kier molecular flexibility index (Phi) is 5.88. The lowest BCUT2D eigenvalue weighted by Gasteiger charge is -2.13. The van der Waals surface area contributed by atoms with Crippen LogP contribution in [0.5, 0.6) is 0 Å². The molecule has 0 amide bonds. The summed E-state index contributed by atoms with van der Waals surface area (Å²) in [6, 6.07) is 8.30. The quantitative estimate of drug-likeness (QED) is 0.775. The Morgan fingerprint density at radius 1 is 1.38 bits per heavy atom. The molecule has 3 heteroatoms. The monoisotopic (exact) mass is 240 g/mol. The molecule has 0 aliphatic carbocycles. The van der Waals surface area contributed by atoms with Gasteiger partial charge in [-0.25, -0.2) is 0 Å². The predicted octanol–water partition coefficient (Wildman–Crippen LogP) is 2.87. The van der Waals surface area contributed by atoms with Crippen LogP contribution in [-0.2, 0) is 4.74 Å². The van der Waals surface area contributed by atoms with Gasteiger partial charge in [0, 0.05) is 10.6 Å². The number of rotatable bonds is 6. The van der Waals surface area contributed by atoms with Crippen molar-refractivity contribution in [3.8, 4) is 0 Å². The summed E-state index contributed by atoms with van der Waals surface area (Å²) in [7, 11) is 0. The first-order valence-corrected chi connectivity index (χ1v) is 6.55. The van der Waals surface area contributed by atoms with Crippen LogP contribution in [0.15, 0.2) is 29.2 Å². The van der Waals surface area contributed by atoms with E-state index in [4.69, 9.17) is 4.74 Å². The Labute approximate surface area is 102 Å². The van der Waals surface area contributed by atoms with Crippen molar-refractivity contribution in [3.05, 3.63) is 29.8 Å². The molecule has 0 aliphatic heterocycles. The van der Waals surface area contributed by atoms with Gasteiger partial charge in [0.1, 0.15) is 0 Å². The summed E-state index contributed by atoms with van der Waals surface area (Å²) in [5.74, 6) is 0.677. The summed E-state index contributed by atoms with van der Waals surface area (Å²) >= 11 is 1.66. The third-order valence-corrected chi connectivity index (χ3v) is 3.19. The fraction of sp³-hybridized carbons (Fsp3) is 0.538. The predicted molar refractivity (Wildman–Crippen MR) is 69.0 cm³/mol. The van der Waals surface area contributed by atoms with Crippen molar-refractivity contribution < 1.29 is 9.84 Å². The molecular weight excluding hydrogens is 220 g/mol. The average Bonchev–Trinajstić information content (AvgIpc) is 2.23. The van der Waals surface area contributed by atoms with Crippen molar-refractivity contribution in [2.45, 2.75) is 37.9 Å². The fourth-order valence-electron chi connectivity index (χ4n) is 1.25. The molecule has 2 nitrogen and oxygen atoms in total. The first kappa shape index (κ1) is 13.6. The van der Waals surface area contributed by atoms with Crippen molar-refractivity contribution in [1.29, 1.82) is 0 Å². The maximum Gasteiger partial charge on any atom is 0.0867 e. The summed E-state index contributed by atoms with van der Waals surface area (Å²) < 4.78 is 5.35. The topological polar surface area (TPSA) is 29.5 Å². The van der Waals surface area contributed by atoms with E-state index in [9.17, 15) is 5.11 Å². The molecule has 90 valence electrons. The van der Waals surface area contributed by atoms with Crippen LogP contribution < -0.4 is 0 Å². The fourth-order valence-corrected chi connectivity index (χ4v) is 2.17. The molecule has 0 spiro atoms. The summed E-state index contributed by atoms with van der Waals surface area (Å²) in [4.78, 5) is 1.20. The molecule has 1 aromatic rings. The average molecular weight is 240 g/mol.